The van der Waals surface area contributed by atoms with Crippen LogP contribution in [0.15, 0.2) is 46.9 Å². The zero-order valence-electron chi connectivity index (χ0n) is 9.91. The second kappa shape index (κ2) is 5.68. The van der Waals surface area contributed by atoms with Gasteiger partial charge in [-0.15, -0.1) is 0 Å². The lowest BCUT2D eigenvalue weighted by Crippen LogP contribution is -2.01. The minimum Gasteiger partial charge on any atom is -0.289 e. The van der Waals surface area contributed by atoms with Gasteiger partial charge in [0.2, 0.25) is 0 Å². The lowest BCUT2D eigenvalue weighted by molar-refractivity contribution is 0.103. The van der Waals surface area contributed by atoms with Gasteiger partial charge in [0.05, 0.1) is 5.02 Å². The maximum Gasteiger partial charge on any atom is 0.193 e. The molecule has 2 aromatic carbocycles. The summed E-state index contributed by atoms with van der Waals surface area (Å²) in [6, 6.07) is 12.9. The molecule has 0 aliphatic heterocycles. The number of benzene rings is 2. The summed E-state index contributed by atoms with van der Waals surface area (Å²) >= 11 is 9.25. The largest absolute Gasteiger partial charge is 0.289 e. The van der Waals surface area contributed by atoms with Crippen LogP contribution in [0.5, 0.6) is 0 Å². The van der Waals surface area contributed by atoms with Gasteiger partial charge in [-0.3, -0.25) is 4.79 Å². The van der Waals surface area contributed by atoms with Crippen molar-refractivity contribution in [3.8, 4) is 0 Å². The molecule has 3 heteroatoms. The number of hydrogen-bond acceptors (Lipinski definition) is 1. The minimum absolute atomic E-state index is 0.0164. The number of hydrogen-bond donors (Lipinski definition) is 0. The fourth-order valence-electron chi connectivity index (χ4n) is 1.74. The normalized spacial score (nSPS) is 10.4. The monoisotopic (exact) mass is 322 g/mol. The van der Waals surface area contributed by atoms with Crippen molar-refractivity contribution in [2.24, 2.45) is 0 Å². The molecule has 0 aromatic heterocycles. The molecule has 0 heterocycles. The van der Waals surface area contributed by atoms with Gasteiger partial charge in [0, 0.05) is 15.6 Å². The second-order valence-corrected chi connectivity index (χ2v) is 5.27. The Balaban J connectivity index is 2.38. The average molecular weight is 324 g/mol. The Hall–Kier alpha value is -1.12. The predicted molar refractivity (Wildman–Crippen MR) is 78.4 cm³/mol. The van der Waals surface area contributed by atoms with E-state index in [0.717, 1.165) is 16.5 Å². The minimum atomic E-state index is 0.0164. The summed E-state index contributed by atoms with van der Waals surface area (Å²) in [7, 11) is 0. The molecular formula is C15H12BrClO. The van der Waals surface area contributed by atoms with Crippen LogP contribution in [0.4, 0.5) is 0 Å². The van der Waals surface area contributed by atoms with Gasteiger partial charge in [-0.25, -0.2) is 0 Å². The number of carbonyl (C=O) groups is 1. The van der Waals surface area contributed by atoms with E-state index >= 15 is 0 Å². The zero-order chi connectivity index (χ0) is 13.1. The van der Waals surface area contributed by atoms with Gasteiger partial charge in [0.15, 0.2) is 5.78 Å². The highest BCUT2D eigenvalue weighted by molar-refractivity contribution is 9.10. The molecule has 1 nitrogen and oxygen atoms in total. The summed E-state index contributed by atoms with van der Waals surface area (Å²) in [4.78, 5) is 12.3. The Bertz CT molecular complexity index is 593. The fourth-order valence-corrected chi connectivity index (χ4v) is 2.23. The summed E-state index contributed by atoms with van der Waals surface area (Å²) in [5, 5.41) is 0.605. The standard InChI is InChI=1S/C15H12BrClO/c1-2-10-4-3-5-11(8-10)15(18)12-6-7-14(17)13(16)9-12/h3-9H,2H2,1H3. The Morgan fingerprint density at radius 3 is 2.56 bits per heavy atom. The highest BCUT2D eigenvalue weighted by atomic mass is 79.9. The van der Waals surface area contributed by atoms with Crippen LogP contribution in [-0.2, 0) is 6.42 Å². The summed E-state index contributed by atoms with van der Waals surface area (Å²) < 4.78 is 0.738. The van der Waals surface area contributed by atoms with Crippen LogP contribution in [-0.4, -0.2) is 5.78 Å². The van der Waals surface area contributed by atoms with Crippen molar-refractivity contribution in [3.63, 3.8) is 0 Å². The summed E-state index contributed by atoms with van der Waals surface area (Å²) in [5.74, 6) is 0.0164. The summed E-state index contributed by atoms with van der Waals surface area (Å²) in [6.07, 6.45) is 0.922. The van der Waals surface area contributed by atoms with Crippen LogP contribution in [0.2, 0.25) is 5.02 Å². The number of aryl methyl sites for hydroxylation is 1. The molecule has 0 saturated heterocycles. The first kappa shape index (κ1) is 13.3. The van der Waals surface area contributed by atoms with Gasteiger partial charge in [-0.2, -0.15) is 0 Å². The lowest BCUT2D eigenvalue weighted by atomic mass is 10.0. The van der Waals surface area contributed by atoms with Crippen molar-refractivity contribution in [1.29, 1.82) is 0 Å². The highest BCUT2D eigenvalue weighted by Gasteiger charge is 2.10. The van der Waals surface area contributed by atoms with E-state index in [9.17, 15) is 4.79 Å². The van der Waals surface area contributed by atoms with Crippen molar-refractivity contribution < 1.29 is 4.79 Å². The second-order valence-electron chi connectivity index (χ2n) is 4.01. The molecule has 0 fully saturated rings. The molecule has 0 unspecified atom stereocenters. The van der Waals surface area contributed by atoms with Gasteiger partial charge in [0.25, 0.3) is 0 Å². The van der Waals surface area contributed by atoms with Crippen LogP contribution in [0.3, 0.4) is 0 Å². The first-order chi connectivity index (χ1) is 8.61. The van der Waals surface area contributed by atoms with E-state index in [1.165, 1.54) is 0 Å². The molecule has 0 aliphatic carbocycles. The first-order valence-electron chi connectivity index (χ1n) is 5.70. The Morgan fingerprint density at radius 2 is 1.89 bits per heavy atom. The van der Waals surface area contributed by atoms with Crippen molar-refractivity contribution in [2.75, 3.05) is 0 Å². The Kier molecular flexibility index (Phi) is 4.20. The van der Waals surface area contributed by atoms with E-state index < -0.39 is 0 Å². The molecule has 0 atom stereocenters. The van der Waals surface area contributed by atoms with Gasteiger partial charge >= 0.3 is 0 Å². The van der Waals surface area contributed by atoms with Crippen LogP contribution < -0.4 is 0 Å². The van der Waals surface area contributed by atoms with E-state index in [1.807, 2.05) is 24.3 Å². The fraction of sp³-hybridized carbons (Fsp3) is 0.133. The van der Waals surface area contributed by atoms with Crippen molar-refractivity contribution in [3.05, 3.63) is 68.7 Å². The molecule has 0 N–H and O–H groups in total. The van der Waals surface area contributed by atoms with Gasteiger partial charge in [0.1, 0.15) is 0 Å². The zero-order valence-corrected chi connectivity index (χ0v) is 12.3. The molecule has 0 radical (unpaired) electrons. The molecule has 2 rings (SSSR count). The Labute approximate surface area is 120 Å². The van der Waals surface area contributed by atoms with E-state index in [4.69, 9.17) is 11.6 Å². The van der Waals surface area contributed by atoms with Gasteiger partial charge in [-0.05, 0) is 52.2 Å². The third-order valence-electron chi connectivity index (χ3n) is 2.78. The van der Waals surface area contributed by atoms with E-state index in [0.29, 0.717) is 16.1 Å². The third-order valence-corrected chi connectivity index (χ3v) is 3.99. The van der Waals surface area contributed by atoms with Crippen LogP contribution in [0.25, 0.3) is 0 Å². The number of halogens is 2. The third kappa shape index (κ3) is 2.82. The maximum absolute atomic E-state index is 12.3. The highest BCUT2D eigenvalue weighted by Crippen LogP contribution is 2.24. The summed E-state index contributed by atoms with van der Waals surface area (Å²) in [5.41, 5.74) is 2.51. The number of carbonyl (C=O) groups excluding carboxylic acids is 1. The molecule has 92 valence electrons. The van der Waals surface area contributed by atoms with Crippen molar-refractivity contribution in [2.45, 2.75) is 13.3 Å². The molecule has 0 aliphatic rings. The quantitative estimate of drug-likeness (QED) is 0.735. The SMILES string of the molecule is CCc1cccc(C(=O)c2ccc(Cl)c(Br)c2)c1. The molecule has 18 heavy (non-hydrogen) atoms. The smallest absolute Gasteiger partial charge is 0.193 e. The first-order valence-corrected chi connectivity index (χ1v) is 6.87. The van der Waals surface area contributed by atoms with Gasteiger partial charge in [-0.1, -0.05) is 36.7 Å². The number of rotatable bonds is 3. The predicted octanol–water partition coefficient (Wildman–Crippen LogP) is 4.90. The molecule has 0 amide bonds. The Morgan fingerprint density at radius 1 is 1.17 bits per heavy atom. The van der Waals surface area contributed by atoms with Crippen molar-refractivity contribution >= 4 is 33.3 Å². The van der Waals surface area contributed by atoms with Crippen LogP contribution in [0.1, 0.15) is 28.4 Å². The van der Waals surface area contributed by atoms with E-state index in [2.05, 4.69) is 22.9 Å². The van der Waals surface area contributed by atoms with Crippen molar-refractivity contribution in [1.82, 2.24) is 0 Å². The molecule has 0 saturated carbocycles. The van der Waals surface area contributed by atoms with Gasteiger partial charge < -0.3 is 0 Å². The van der Waals surface area contributed by atoms with E-state index in [-0.39, 0.29) is 5.78 Å². The molecule has 2 aromatic rings. The topological polar surface area (TPSA) is 17.1 Å². The molecular weight excluding hydrogens is 312 g/mol. The van der Waals surface area contributed by atoms with E-state index in [1.54, 1.807) is 18.2 Å². The molecule has 0 spiro atoms. The maximum atomic E-state index is 12.3. The molecule has 0 bridgehead atoms. The summed E-state index contributed by atoms with van der Waals surface area (Å²) in [6.45, 7) is 2.07. The number of ketones is 1. The van der Waals surface area contributed by atoms with Crippen LogP contribution >= 0.6 is 27.5 Å². The average Bonchev–Trinajstić information content (AvgIpc) is 2.41. The lowest BCUT2D eigenvalue weighted by Gasteiger charge is -2.04. The van der Waals surface area contributed by atoms with Crippen LogP contribution in [0, 0.1) is 0 Å².